The monoisotopic (exact) mass is 425 g/mol. The molecule has 0 aliphatic carbocycles. The normalized spacial score (nSPS) is 15.2. The third-order valence-corrected chi connectivity index (χ3v) is 5.62. The van der Waals surface area contributed by atoms with Gasteiger partial charge < -0.3 is 10.6 Å². The number of thiazole rings is 1. The molecule has 9 heteroatoms. The lowest BCUT2D eigenvalue weighted by Crippen LogP contribution is -2.39. The van der Waals surface area contributed by atoms with Gasteiger partial charge in [0.15, 0.2) is 11.7 Å². The lowest BCUT2D eigenvalue weighted by molar-refractivity contribution is -0.140. The van der Waals surface area contributed by atoms with Crippen LogP contribution in [0.5, 0.6) is 0 Å². The zero-order valence-electron chi connectivity index (χ0n) is 16.4. The highest BCUT2D eigenvalue weighted by Crippen LogP contribution is 2.30. The summed E-state index contributed by atoms with van der Waals surface area (Å²) >= 11 is 1.03. The largest absolute Gasteiger partial charge is 0.434 e. The van der Waals surface area contributed by atoms with E-state index in [4.69, 9.17) is 0 Å². The van der Waals surface area contributed by atoms with Crippen molar-refractivity contribution in [1.82, 2.24) is 20.5 Å². The van der Waals surface area contributed by atoms with Gasteiger partial charge in [-0.05, 0) is 24.5 Å². The maximum atomic E-state index is 12.6. The Kier molecular flexibility index (Phi) is 7.49. The molecule has 3 rings (SSSR count). The van der Waals surface area contributed by atoms with Gasteiger partial charge in [0.05, 0.1) is 11.6 Å². The van der Waals surface area contributed by atoms with Gasteiger partial charge in [0.1, 0.15) is 0 Å². The van der Waals surface area contributed by atoms with Crippen LogP contribution in [-0.4, -0.2) is 48.6 Å². The molecule has 1 aromatic heterocycles. The Morgan fingerprint density at radius 2 is 2.03 bits per heavy atom. The summed E-state index contributed by atoms with van der Waals surface area (Å²) in [6.45, 7) is 6.68. The average Bonchev–Trinajstić information content (AvgIpc) is 3.17. The van der Waals surface area contributed by atoms with Crippen LogP contribution in [0, 0.1) is 0 Å². The Morgan fingerprint density at radius 3 is 2.76 bits per heavy atom. The third kappa shape index (κ3) is 6.43. The molecule has 0 fully saturated rings. The molecule has 0 unspecified atom stereocenters. The number of hydrogen-bond acceptors (Lipinski definition) is 4. The Hall–Kier alpha value is -2.13. The topological polar surface area (TPSA) is 52.6 Å². The van der Waals surface area contributed by atoms with Gasteiger partial charge in [-0.25, -0.2) is 4.98 Å². The first-order valence-electron chi connectivity index (χ1n) is 9.78. The summed E-state index contributed by atoms with van der Waals surface area (Å²) in [5.41, 5.74) is 1.99. The highest BCUT2D eigenvalue weighted by molar-refractivity contribution is 7.09. The number of hydrogen-bond donors (Lipinski definition) is 2. The number of guanidine groups is 1. The van der Waals surface area contributed by atoms with Gasteiger partial charge in [0.25, 0.3) is 0 Å². The van der Waals surface area contributed by atoms with Gasteiger partial charge in [-0.2, -0.15) is 13.2 Å². The minimum Gasteiger partial charge on any atom is -0.357 e. The van der Waals surface area contributed by atoms with E-state index in [-0.39, 0.29) is 0 Å². The van der Waals surface area contributed by atoms with Crippen LogP contribution in [0.2, 0.25) is 0 Å². The molecule has 0 saturated carbocycles. The highest BCUT2D eigenvalue weighted by Gasteiger charge is 2.33. The van der Waals surface area contributed by atoms with Crippen molar-refractivity contribution in [3.63, 3.8) is 0 Å². The fourth-order valence-electron chi connectivity index (χ4n) is 3.23. The maximum absolute atomic E-state index is 12.6. The zero-order chi connectivity index (χ0) is 20.7. The van der Waals surface area contributed by atoms with Crippen LogP contribution >= 0.6 is 11.3 Å². The van der Waals surface area contributed by atoms with E-state index in [9.17, 15) is 13.2 Å². The van der Waals surface area contributed by atoms with Gasteiger partial charge >= 0.3 is 6.18 Å². The lowest BCUT2D eigenvalue weighted by atomic mass is 10.0. The molecule has 1 aromatic carbocycles. The first-order valence-corrected chi connectivity index (χ1v) is 10.7. The van der Waals surface area contributed by atoms with Gasteiger partial charge in [-0.1, -0.05) is 24.3 Å². The lowest BCUT2D eigenvalue weighted by Gasteiger charge is -2.28. The van der Waals surface area contributed by atoms with E-state index in [0.717, 1.165) is 49.3 Å². The van der Waals surface area contributed by atoms with Crippen LogP contribution in [0.4, 0.5) is 13.2 Å². The molecule has 29 heavy (non-hydrogen) atoms. The van der Waals surface area contributed by atoms with E-state index >= 15 is 0 Å². The second-order valence-corrected chi connectivity index (χ2v) is 7.80. The number of fused-ring (bicyclic) bond motifs is 1. The number of aromatic nitrogens is 1. The number of benzene rings is 1. The minimum atomic E-state index is -4.38. The molecule has 2 N–H and O–H groups in total. The highest BCUT2D eigenvalue weighted by atomic mass is 32.1. The summed E-state index contributed by atoms with van der Waals surface area (Å²) in [4.78, 5) is 10.6. The summed E-state index contributed by atoms with van der Waals surface area (Å²) in [6.07, 6.45) is -2.90. The summed E-state index contributed by atoms with van der Waals surface area (Å²) in [5.74, 6) is 0.678. The maximum Gasteiger partial charge on any atom is 0.434 e. The molecule has 5 nitrogen and oxygen atoms in total. The second kappa shape index (κ2) is 10.1. The fraction of sp³-hybridized carbons (Fsp3) is 0.500. The Labute approximate surface area is 173 Å². The number of aliphatic imine (C=N–C) groups is 1. The fourth-order valence-corrected chi connectivity index (χ4v) is 4.04. The molecule has 0 spiro atoms. The van der Waals surface area contributed by atoms with Crippen molar-refractivity contribution in [2.24, 2.45) is 4.99 Å². The van der Waals surface area contributed by atoms with Gasteiger partial charge in [0, 0.05) is 44.5 Å². The first-order chi connectivity index (χ1) is 14.0. The van der Waals surface area contributed by atoms with E-state index in [0.29, 0.717) is 30.5 Å². The molecular weight excluding hydrogens is 399 g/mol. The SMILES string of the molecule is CCNC(=NCCN1CCc2ccccc2C1)NCCc1nc(C(F)(F)F)cs1. The van der Waals surface area contributed by atoms with Crippen molar-refractivity contribution in [3.05, 3.63) is 51.5 Å². The van der Waals surface area contributed by atoms with Crippen molar-refractivity contribution in [1.29, 1.82) is 0 Å². The van der Waals surface area contributed by atoms with Crippen molar-refractivity contribution in [3.8, 4) is 0 Å². The summed E-state index contributed by atoms with van der Waals surface area (Å²) in [7, 11) is 0. The van der Waals surface area contributed by atoms with Crippen molar-refractivity contribution >= 4 is 17.3 Å². The van der Waals surface area contributed by atoms with Crippen LogP contribution in [0.3, 0.4) is 0 Å². The summed E-state index contributed by atoms with van der Waals surface area (Å²) in [6, 6.07) is 8.54. The Balaban J connectivity index is 1.44. The molecule has 0 amide bonds. The van der Waals surface area contributed by atoms with E-state index in [1.54, 1.807) is 0 Å². The molecule has 1 aliphatic heterocycles. The van der Waals surface area contributed by atoms with Crippen LogP contribution in [0.1, 0.15) is 28.8 Å². The molecule has 158 valence electrons. The van der Waals surface area contributed by atoms with Crippen LogP contribution in [0.15, 0.2) is 34.6 Å². The first kappa shape index (κ1) is 21.6. The third-order valence-electron chi connectivity index (χ3n) is 4.71. The van der Waals surface area contributed by atoms with Crippen LogP contribution in [-0.2, 0) is 25.6 Å². The Morgan fingerprint density at radius 1 is 1.24 bits per heavy atom. The molecular formula is C20H26F3N5S. The van der Waals surface area contributed by atoms with Gasteiger partial charge in [-0.3, -0.25) is 9.89 Å². The molecule has 0 radical (unpaired) electrons. The number of alkyl halides is 3. The summed E-state index contributed by atoms with van der Waals surface area (Å²) in [5, 5.41) is 7.88. The van der Waals surface area contributed by atoms with Crippen molar-refractivity contribution in [2.45, 2.75) is 32.5 Å². The van der Waals surface area contributed by atoms with Gasteiger partial charge in [-0.15, -0.1) is 11.3 Å². The quantitative estimate of drug-likeness (QED) is 0.528. The minimum absolute atomic E-state index is 0.425. The molecule has 2 aromatic rings. The predicted molar refractivity (Wildman–Crippen MR) is 110 cm³/mol. The van der Waals surface area contributed by atoms with E-state index in [1.165, 1.54) is 11.1 Å². The van der Waals surface area contributed by atoms with Gasteiger partial charge in [0.2, 0.25) is 0 Å². The van der Waals surface area contributed by atoms with Crippen LogP contribution < -0.4 is 10.6 Å². The average molecular weight is 426 g/mol. The number of nitrogens with zero attached hydrogens (tertiary/aromatic N) is 3. The van der Waals surface area contributed by atoms with E-state index in [1.807, 2.05) is 6.92 Å². The second-order valence-electron chi connectivity index (χ2n) is 6.86. The summed E-state index contributed by atoms with van der Waals surface area (Å²) < 4.78 is 37.9. The molecule has 0 atom stereocenters. The number of nitrogens with one attached hydrogen (secondary N) is 2. The molecule has 0 bridgehead atoms. The zero-order valence-corrected chi connectivity index (χ0v) is 17.2. The number of halogens is 3. The smallest absolute Gasteiger partial charge is 0.357 e. The van der Waals surface area contributed by atoms with E-state index in [2.05, 4.69) is 49.8 Å². The number of rotatable bonds is 7. The van der Waals surface area contributed by atoms with Crippen LogP contribution in [0.25, 0.3) is 0 Å². The molecule has 1 aliphatic rings. The van der Waals surface area contributed by atoms with Crippen molar-refractivity contribution in [2.75, 3.05) is 32.7 Å². The molecule has 0 saturated heterocycles. The molecule has 2 heterocycles. The van der Waals surface area contributed by atoms with E-state index < -0.39 is 11.9 Å². The van der Waals surface area contributed by atoms with Crippen molar-refractivity contribution < 1.29 is 13.2 Å². The Bertz CT molecular complexity index is 818. The predicted octanol–water partition coefficient (Wildman–Crippen LogP) is 3.32. The standard InChI is InChI=1S/C20H26F3N5S/c1-2-24-19(25-9-7-18-27-17(14-29-18)20(21,22)23)26-10-12-28-11-8-15-5-3-4-6-16(15)13-28/h3-6,14H,2,7-13H2,1H3,(H2,24,25,26).